The van der Waals surface area contributed by atoms with E-state index in [2.05, 4.69) is 13.2 Å². The molecule has 2 aromatic carbocycles. The maximum absolute atomic E-state index is 13.4. The molecule has 0 aliphatic carbocycles. The van der Waals surface area contributed by atoms with E-state index in [0.717, 1.165) is 36.0 Å². The number of esters is 1. The SMILES string of the molecule is C=CC(=O)Sc1ccc(C(=O)Oc2ccc(SC(=O)C=C)cc2C(F)(F)F)cc1. The third kappa shape index (κ3) is 6.37. The van der Waals surface area contributed by atoms with Gasteiger partial charge in [0.1, 0.15) is 5.75 Å². The topological polar surface area (TPSA) is 60.4 Å². The number of hydrogen-bond donors (Lipinski definition) is 0. The van der Waals surface area contributed by atoms with Crippen molar-refractivity contribution in [2.75, 3.05) is 0 Å². The minimum atomic E-state index is -4.80. The van der Waals surface area contributed by atoms with Crippen LogP contribution >= 0.6 is 23.5 Å². The van der Waals surface area contributed by atoms with E-state index in [0.29, 0.717) is 16.7 Å². The number of hydrogen-bond acceptors (Lipinski definition) is 6. The number of carbonyl (C=O) groups excluding carboxylic acids is 3. The van der Waals surface area contributed by atoms with Crippen molar-refractivity contribution in [2.45, 2.75) is 16.0 Å². The standard InChI is InChI=1S/C20H13F3O4S2/c1-3-17(24)28-13-7-5-12(6-8-13)19(26)27-16-10-9-14(29-18(25)4-2)11-15(16)20(21,22)23/h3-11H,1-2H2. The van der Waals surface area contributed by atoms with Crippen LogP contribution in [0, 0.1) is 0 Å². The van der Waals surface area contributed by atoms with Gasteiger partial charge in [0, 0.05) is 9.79 Å². The molecule has 150 valence electrons. The molecular weight excluding hydrogens is 425 g/mol. The number of halogens is 3. The van der Waals surface area contributed by atoms with Crippen molar-refractivity contribution >= 4 is 39.7 Å². The molecule has 0 amide bonds. The van der Waals surface area contributed by atoms with E-state index in [1.54, 1.807) is 0 Å². The lowest BCUT2D eigenvalue weighted by Gasteiger charge is -2.14. The fourth-order valence-corrected chi connectivity index (χ4v) is 3.23. The van der Waals surface area contributed by atoms with Crippen LogP contribution in [0.4, 0.5) is 13.2 Å². The molecule has 0 unspecified atom stereocenters. The fourth-order valence-electron chi connectivity index (χ4n) is 2.02. The summed E-state index contributed by atoms with van der Waals surface area (Å²) < 4.78 is 45.0. The molecule has 0 saturated carbocycles. The van der Waals surface area contributed by atoms with Gasteiger partial charge in [0.15, 0.2) is 0 Å². The largest absolute Gasteiger partial charge is 0.422 e. The number of thioether (sulfide) groups is 2. The van der Waals surface area contributed by atoms with Crippen molar-refractivity contribution in [3.63, 3.8) is 0 Å². The fraction of sp³-hybridized carbons (Fsp3) is 0.0500. The second-order valence-corrected chi connectivity index (χ2v) is 7.48. The Morgan fingerprint density at radius 1 is 0.862 bits per heavy atom. The van der Waals surface area contributed by atoms with Crippen LogP contribution in [0.2, 0.25) is 0 Å². The quantitative estimate of drug-likeness (QED) is 0.256. The van der Waals surface area contributed by atoms with Crippen LogP contribution in [0.1, 0.15) is 15.9 Å². The normalized spacial score (nSPS) is 10.9. The maximum Gasteiger partial charge on any atom is 0.420 e. The highest BCUT2D eigenvalue weighted by molar-refractivity contribution is 8.14. The van der Waals surface area contributed by atoms with Crippen molar-refractivity contribution in [1.29, 1.82) is 0 Å². The number of alkyl halides is 3. The predicted molar refractivity (Wildman–Crippen MR) is 105 cm³/mol. The first-order valence-electron chi connectivity index (χ1n) is 7.86. The van der Waals surface area contributed by atoms with Gasteiger partial charge in [-0.25, -0.2) is 4.79 Å². The number of ether oxygens (including phenoxy) is 1. The molecule has 0 aliphatic heterocycles. The Balaban J connectivity index is 2.24. The molecule has 0 atom stereocenters. The summed E-state index contributed by atoms with van der Waals surface area (Å²) in [6.45, 7) is 6.60. The Kier molecular flexibility index (Phi) is 7.46. The van der Waals surface area contributed by atoms with Crippen molar-refractivity contribution in [3.05, 3.63) is 78.9 Å². The van der Waals surface area contributed by atoms with Crippen LogP contribution in [0.25, 0.3) is 0 Å². The monoisotopic (exact) mass is 438 g/mol. The molecule has 4 nitrogen and oxygen atoms in total. The average molecular weight is 438 g/mol. The van der Waals surface area contributed by atoms with Gasteiger partial charge in [-0.2, -0.15) is 13.2 Å². The Bertz CT molecular complexity index is 967. The Hall–Kier alpha value is -2.78. The van der Waals surface area contributed by atoms with Gasteiger partial charge in [-0.05, 0) is 78.1 Å². The lowest BCUT2D eigenvalue weighted by Crippen LogP contribution is -2.14. The lowest BCUT2D eigenvalue weighted by atomic mass is 10.2. The summed E-state index contributed by atoms with van der Waals surface area (Å²) in [5.41, 5.74) is -1.18. The van der Waals surface area contributed by atoms with E-state index in [1.165, 1.54) is 30.3 Å². The third-order valence-corrected chi connectivity index (χ3v) is 5.05. The Morgan fingerprint density at radius 2 is 1.38 bits per heavy atom. The van der Waals surface area contributed by atoms with Gasteiger partial charge in [-0.3, -0.25) is 9.59 Å². The zero-order valence-corrected chi connectivity index (χ0v) is 16.3. The van der Waals surface area contributed by atoms with Crippen LogP contribution in [0.5, 0.6) is 5.75 Å². The number of rotatable bonds is 6. The van der Waals surface area contributed by atoms with Crippen molar-refractivity contribution in [1.82, 2.24) is 0 Å². The molecule has 0 saturated heterocycles. The highest BCUT2D eigenvalue weighted by Gasteiger charge is 2.35. The van der Waals surface area contributed by atoms with E-state index >= 15 is 0 Å². The summed E-state index contributed by atoms with van der Waals surface area (Å²) in [6.07, 6.45) is -2.68. The smallest absolute Gasteiger partial charge is 0.420 e. The molecule has 29 heavy (non-hydrogen) atoms. The van der Waals surface area contributed by atoms with Gasteiger partial charge in [-0.1, -0.05) is 13.2 Å². The van der Waals surface area contributed by atoms with E-state index in [1.807, 2.05) is 0 Å². The van der Waals surface area contributed by atoms with E-state index in [-0.39, 0.29) is 15.6 Å². The molecule has 0 aromatic heterocycles. The molecule has 0 aliphatic rings. The summed E-state index contributed by atoms with van der Waals surface area (Å²) in [5.74, 6) is -1.68. The van der Waals surface area contributed by atoms with Crippen molar-refractivity contribution < 1.29 is 32.3 Å². The van der Waals surface area contributed by atoms with Crippen LogP contribution in [-0.2, 0) is 15.8 Å². The van der Waals surface area contributed by atoms with E-state index < -0.39 is 28.6 Å². The maximum atomic E-state index is 13.4. The lowest BCUT2D eigenvalue weighted by molar-refractivity contribution is -0.138. The van der Waals surface area contributed by atoms with E-state index in [4.69, 9.17) is 4.74 Å². The third-order valence-electron chi connectivity index (χ3n) is 3.32. The molecule has 0 radical (unpaired) electrons. The van der Waals surface area contributed by atoms with Crippen LogP contribution in [-0.4, -0.2) is 16.2 Å². The number of benzene rings is 2. The molecule has 0 heterocycles. The summed E-state index contributed by atoms with van der Waals surface area (Å²) in [4.78, 5) is 35.5. The van der Waals surface area contributed by atoms with Gasteiger partial charge in [0.25, 0.3) is 0 Å². The molecule has 0 N–H and O–H groups in total. The molecule has 2 rings (SSSR count). The predicted octanol–water partition coefficient (Wildman–Crippen LogP) is 5.53. The average Bonchev–Trinajstić information content (AvgIpc) is 2.68. The van der Waals surface area contributed by atoms with E-state index in [9.17, 15) is 27.6 Å². The van der Waals surface area contributed by atoms with Crippen LogP contribution in [0.3, 0.4) is 0 Å². The molecule has 0 bridgehead atoms. The molecule has 0 spiro atoms. The van der Waals surface area contributed by atoms with Crippen molar-refractivity contribution in [3.8, 4) is 5.75 Å². The van der Waals surface area contributed by atoms with Crippen LogP contribution in [0.15, 0.2) is 77.6 Å². The second kappa shape index (κ2) is 9.62. The van der Waals surface area contributed by atoms with Gasteiger partial charge in [0.2, 0.25) is 10.2 Å². The molecular formula is C20H13F3O4S2. The zero-order valence-electron chi connectivity index (χ0n) is 14.7. The first-order valence-corrected chi connectivity index (χ1v) is 9.49. The summed E-state index contributed by atoms with van der Waals surface area (Å²) >= 11 is 1.46. The first kappa shape index (κ1) is 22.5. The minimum Gasteiger partial charge on any atom is -0.422 e. The van der Waals surface area contributed by atoms with Crippen molar-refractivity contribution in [2.24, 2.45) is 0 Å². The molecule has 2 aromatic rings. The Morgan fingerprint density at radius 3 is 1.90 bits per heavy atom. The number of carbonyl (C=O) groups is 3. The summed E-state index contributed by atoms with van der Waals surface area (Å²) in [7, 11) is 0. The zero-order chi connectivity index (χ0) is 21.6. The second-order valence-electron chi connectivity index (χ2n) is 5.32. The minimum absolute atomic E-state index is 0.00816. The van der Waals surface area contributed by atoms with Crippen LogP contribution < -0.4 is 4.74 Å². The highest BCUT2D eigenvalue weighted by atomic mass is 32.2. The Labute approximate surface area is 172 Å². The van der Waals surface area contributed by atoms with Gasteiger partial charge in [-0.15, -0.1) is 0 Å². The van der Waals surface area contributed by atoms with Gasteiger partial charge < -0.3 is 4.74 Å². The molecule has 9 heteroatoms. The van der Waals surface area contributed by atoms with Gasteiger partial charge in [0.05, 0.1) is 11.1 Å². The highest BCUT2D eigenvalue weighted by Crippen LogP contribution is 2.39. The van der Waals surface area contributed by atoms with Gasteiger partial charge >= 0.3 is 12.1 Å². The molecule has 0 fully saturated rings. The summed E-state index contributed by atoms with van der Waals surface area (Å²) in [6, 6.07) is 8.55. The summed E-state index contributed by atoms with van der Waals surface area (Å²) in [5, 5.41) is -0.807. The first-order chi connectivity index (χ1) is 13.6.